The summed E-state index contributed by atoms with van der Waals surface area (Å²) < 4.78 is 0. The van der Waals surface area contributed by atoms with E-state index in [2.05, 4.69) is 0 Å². The molecule has 0 aliphatic carbocycles. The van der Waals surface area contributed by atoms with E-state index in [-0.39, 0.29) is 36.0 Å². The first-order valence-electron chi connectivity index (χ1n) is 6.34. The largest absolute Gasteiger partial charge is 0.292 e. The van der Waals surface area contributed by atoms with Gasteiger partial charge in [0.15, 0.2) is 5.78 Å². The second-order valence-electron chi connectivity index (χ2n) is 4.95. The molecule has 2 amide bonds. The zero-order chi connectivity index (χ0) is 14.9. The van der Waals surface area contributed by atoms with Crippen molar-refractivity contribution in [2.24, 2.45) is 11.8 Å². The van der Waals surface area contributed by atoms with Crippen LogP contribution in [0, 0.1) is 23.2 Å². The van der Waals surface area contributed by atoms with Crippen molar-refractivity contribution in [3.05, 3.63) is 35.4 Å². The van der Waals surface area contributed by atoms with Crippen molar-refractivity contribution in [3.8, 4) is 6.07 Å². The highest BCUT2D eigenvalue weighted by Gasteiger charge is 2.42. The maximum Gasteiger partial charge on any atom is 0.233 e. The van der Waals surface area contributed by atoms with Crippen molar-refractivity contribution in [2.75, 3.05) is 6.54 Å². The molecule has 1 aliphatic heterocycles. The fourth-order valence-corrected chi connectivity index (χ4v) is 2.15. The lowest BCUT2D eigenvalue weighted by Gasteiger charge is -2.13. The van der Waals surface area contributed by atoms with Gasteiger partial charge in [0.2, 0.25) is 11.8 Å². The minimum Gasteiger partial charge on any atom is -0.292 e. The van der Waals surface area contributed by atoms with Gasteiger partial charge >= 0.3 is 0 Å². The first-order valence-corrected chi connectivity index (χ1v) is 6.34. The van der Waals surface area contributed by atoms with Crippen molar-refractivity contribution >= 4 is 17.6 Å². The SMILES string of the molecule is CC1C(=O)N(CC(=O)c2ccc(C#N)cc2)C(=O)C1C. The monoisotopic (exact) mass is 270 g/mol. The Balaban J connectivity index is 2.14. The van der Waals surface area contributed by atoms with E-state index in [1.807, 2.05) is 6.07 Å². The standard InChI is InChI=1S/C15H14N2O3/c1-9-10(2)15(20)17(14(9)19)8-13(18)12-5-3-11(7-16)4-6-12/h3-6,9-10H,8H2,1-2H3. The van der Waals surface area contributed by atoms with Crippen LogP contribution in [0.3, 0.4) is 0 Å². The molecule has 102 valence electrons. The number of rotatable bonds is 3. The Bertz CT molecular complexity index is 593. The Morgan fingerprint density at radius 3 is 2.10 bits per heavy atom. The molecule has 0 aromatic heterocycles. The third-order valence-electron chi connectivity index (χ3n) is 3.70. The number of imide groups is 1. The first kappa shape index (κ1) is 13.9. The Kier molecular flexibility index (Phi) is 3.66. The van der Waals surface area contributed by atoms with Crippen LogP contribution in [0.4, 0.5) is 0 Å². The molecule has 0 N–H and O–H groups in total. The smallest absolute Gasteiger partial charge is 0.233 e. The van der Waals surface area contributed by atoms with Gasteiger partial charge in [-0.15, -0.1) is 0 Å². The maximum absolute atomic E-state index is 12.1. The van der Waals surface area contributed by atoms with E-state index in [0.717, 1.165) is 4.90 Å². The minimum atomic E-state index is -0.378. The molecular formula is C15H14N2O3. The molecule has 0 spiro atoms. The Morgan fingerprint density at radius 1 is 1.15 bits per heavy atom. The minimum absolute atomic E-state index is 0.238. The average Bonchev–Trinajstić information content (AvgIpc) is 2.65. The molecule has 1 aromatic rings. The molecule has 1 aromatic carbocycles. The molecule has 20 heavy (non-hydrogen) atoms. The molecule has 1 saturated heterocycles. The molecule has 0 saturated carbocycles. The number of carbonyl (C=O) groups excluding carboxylic acids is 3. The van der Waals surface area contributed by atoms with E-state index >= 15 is 0 Å². The summed E-state index contributed by atoms with van der Waals surface area (Å²) in [7, 11) is 0. The Morgan fingerprint density at radius 2 is 1.65 bits per heavy atom. The molecule has 2 rings (SSSR count). The van der Waals surface area contributed by atoms with E-state index < -0.39 is 0 Å². The lowest BCUT2D eigenvalue weighted by Crippen LogP contribution is -2.35. The van der Waals surface area contributed by atoms with Crippen LogP contribution >= 0.6 is 0 Å². The number of hydrogen-bond acceptors (Lipinski definition) is 4. The third kappa shape index (κ3) is 2.32. The van der Waals surface area contributed by atoms with Gasteiger partial charge in [-0.2, -0.15) is 5.26 Å². The van der Waals surface area contributed by atoms with Gasteiger partial charge in [-0.3, -0.25) is 19.3 Å². The summed E-state index contributed by atoms with van der Waals surface area (Å²) in [5.41, 5.74) is 0.842. The van der Waals surface area contributed by atoms with Crippen LogP contribution < -0.4 is 0 Å². The lowest BCUT2D eigenvalue weighted by molar-refractivity contribution is -0.139. The normalized spacial score (nSPS) is 21.9. The van der Waals surface area contributed by atoms with E-state index in [1.54, 1.807) is 13.8 Å². The third-order valence-corrected chi connectivity index (χ3v) is 3.70. The number of hydrogen-bond donors (Lipinski definition) is 0. The summed E-state index contributed by atoms with van der Waals surface area (Å²) in [6.45, 7) is 3.15. The fraction of sp³-hybridized carbons (Fsp3) is 0.333. The lowest BCUT2D eigenvalue weighted by atomic mass is 10.00. The maximum atomic E-state index is 12.1. The van der Waals surface area contributed by atoms with Crippen LogP contribution in [-0.2, 0) is 9.59 Å². The Hall–Kier alpha value is -2.48. The van der Waals surface area contributed by atoms with Gasteiger partial charge in [0, 0.05) is 17.4 Å². The molecule has 2 unspecified atom stereocenters. The van der Waals surface area contributed by atoms with Gasteiger partial charge in [0.1, 0.15) is 0 Å². The first-order chi connectivity index (χ1) is 9.45. The molecule has 2 atom stereocenters. The number of likely N-dealkylation sites (tertiary alicyclic amines) is 1. The topological polar surface area (TPSA) is 78.2 Å². The fourth-order valence-electron chi connectivity index (χ4n) is 2.15. The van der Waals surface area contributed by atoms with Crippen molar-refractivity contribution in [2.45, 2.75) is 13.8 Å². The summed E-state index contributed by atoms with van der Waals surface area (Å²) >= 11 is 0. The van der Waals surface area contributed by atoms with Crippen molar-refractivity contribution in [1.29, 1.82) is 5.26 Å². The summed E-state index contributed by atoms with van der Waals surface area (Å²) in [6.07, 6.45) is 0. The average molecular weight is 270 g/mol. The van der Waals surface area contributed by atoms with E-state index in [4.69, 9.17) is 5.26 Å². The number of benzene rings is 1. The van der Waals surface area contributed by atoms with Gasteiger partial charge in [0.25, 0.3) is 0 Å². The number of carbonyl (C=O) groups is 3. The van der Waals surface area contributed by atoms with Gasteiger partial charge in [-0.25, -0.2) is 0 Å². The highest BCUT2D eigenvalue weighted by Crippen LogP contribution is 2.25. The summed E-state index contributed by atoms with van der Waals surface area (Å²) in [4.78, 5) is 36.9. The summed E-state index contributed by atoms with van der Waals surface area (Å²) in [5.74, 6) is -1.67. The molecule has 1 heterocycles. The quantitative estimate of drug-likeness (QED) is 0.614. The van der Waals surface area contributed by atoms with Gasteiger partial charge in [0.05, 0.1) is 18.2 Å². The van der Waals surface area contributed by atoms with E-state index in [9.17, 15) is 14.4 Å². The van der Waals surface area contributed by atoms with Crippen LogP contribution in [0.25, 0.3) is 0 Å². The van der Waals surface area contributed by atoms with Crippen LogP contribution in [0.15, 0.2) is 24.3 Å². The predicted octanol–water partition coefficient (Wildman–Crippen LogP) is 1.38. The van der Waals surface area contributed by atoms with Crippen molar-refractivity contribution in [1.82, 2.24) is 4.90 Å². The number of nitriles is 1. The van der Waals surface area contributed by atoms with Crippen LogP contribution in [0.2, 0.25) is 0 Å². The molecule has 0 radical (unpaired) electrons. The molecule has 1 aliphatic rings. The number of nitrogens with zero attached hydrogens (tertiary/aromatic N) is 2. The predicted molar refractivity (Wildman–Crippen MR) is 70.5 cm³/mol. The van der Waals surface area contributed by atoms with Gasteiger partial charge < -0.3 is 0 Å². The van der Waals surface area contributed by atoms with Gasteiger partial charge in [-0.05, 0) is 12.1 Å². The number of amides is 2. The van der Waals surface area contributed by atoms with Gasteiger partial charge in [-0.1, -0.05) is 26.0 Å². The summed E-state index contributed by atoms with van der Waals surface area (Å²) in [5, 5.41) is 8.69. The highest BCUT2D eigenvalue weighted by atomic mass is 16.2. The molecule has 0 bridgehead atoms. The second-order valence-corrected chi connectivity index (χ2v) is 4.95. The molecular weight excluding hydrogens is 256 g/mol. The number of Topliss-reactive ketones (excluding diaryl/α,β-unsaturated/α-hetero) is 1. The zero-order valence-corrected chi connectivity index (χ0v) is 11.3. The molecule has 1 fully saturated rings. The van der Waals surface area contributed by atoms with Crippen molar-refractivity contribution < 1.29 is 14.4 Å². The summed E-state index contributed by atoms with van der Waals surface area (Å²) in [6, 6.07) is 8.08. The van der Waals surface area contributed by atoms with Crippen molar-refractivity contribution in [3.63, 3.8) is 0 Å². The van der Waals surface area contributed by atoms with E-state index in [1.165, 1.54) is 24.3 Å². The Labute approximate surface area is 116 Å². The zero-order valence-electron chi connectivity index (χ0n) is 11.3. The van der Waals surface area contributed by atoms with Crippen LogP contribution in [0.1, 0.15) is 29.8 Å². The van der Waals surface area contributed by atoms with Crippen LogP contribution in [0.5, 0.6) is 0 Å². The number of ketones is 1. The molecule has 5 heteroatoms. The molecule has 5 nitrogen and oxygen atoms in total. The second kappa shape index (κ2) is 5.25. The van der Waals surface area contributed by atoms with Crippen LogP contribution in [-0.4, -0.2) is 29.0 Å². The highest BCUT2D eigenvalue weighted by molar-refractivity contribution is 6.09. The van der Waals surface area contributed by atoms with E-state index in [0.29, 0.717) is 11.1 Å².